The fourth-order valence-corrected chi connectivity index (χ4v) is 0.997. The van der Waals surface area contributed by atoms with Crippen LogP contribution in [0.1, 0.15) is 27.2 Å². The van der Waals surface area contributed by atoms with E-state index in [-0.39, 0.29) is 6.54 Å². The van der Waals surface area contributed by atoms with E-state index < -0.39 is 17.8 Å². The molecule has 0 saturated heterocycles. The van der Waals surface area contributed by atoms with E-state index in [1.807, 2.05) is 0 Å². The van der Waals surface area contributed by atoms with Crippen LogP contribution >= 0.6 is 0 Å². The summed E-state index contributed by atoms with van der Waals surface area (Å²) >= 11 is 0. The molecule has 0 rings (SSSR count). The van der Waals surface area contributed by atoms with Crippen molar-refractivity contribution in [3.05, 3.63) is 12.7 Å². The maximum Gasteiger partial charge on any atom is 0.410 e. The van der Waals surface area contributed by atoms with Gasteiger partial charge in [-0.2, -0.15) is 0 Å². The molecular formula is C11H21NO3. The molecule has 1 amide bonds. The van der Waals surface area contributed by atoms with Crippen LogP contribution in [0.5, 0.6) is 0 Å². The topological polar surface area (TPSA) is 49.8 Å². The lowest BCUT2D eigenvalue weighted by Crippen LogP contribution is -2.38. The molecule has 4 heteroatoms. The molecule has 4 nitrogen and oxygen atoms in total. The summed E-state index contributed by atoms with van der Waals surface area (Å²) in [6, 6.07) is 0. The Bertz CT molecular complexity index is 220. The summed E-state index contributed by atoms with van der Waals surface area (Å²) in [4.78, 5) is 12.8. The van der Waals surface area contributed by atoms with Crippen LogP contribution in [0.3, 0.4) is 0 Å². The van der Waals surface area contributed by atoms with Crippen molar-refractivity contribution >= 4 is 6.09 Å². The average Bonchev–Trinajstić information content (AvgIpc) is 2.00. The molecule has 0 aromatic carbocycles. The predicted octanol–water partition coefficient (Wildman–Crippen LogP) is 1.79. The smallest absolute Gasteiger partial charge is 0.410 e. The first-order valence-electron chi connectivity index (χ1n) is 4.99. The highest BCUT2D eigenvalue weighted by molar-refractivity contribution is 5.67. The minimum Gasteiger partial charge on any atom is -0.444 e. The number of ether oxygens (including phenoxy) is 1. The number of hydrogen-bond donors (Lipinski definition) is 1. The lowest BCUT2D eigenvalue weighted by atomic mass is 10.2. The van der Waals surface area contributed by atoms with E-state index in [0.717, 1.165) is 0 Å². The quantitative estimate of drug-likeness (QED) is 0.727. The number of carbonyl (C=O) groups excluding carboxylic acids is 1. The number of rotatable bonds is 4. The zero-order chi connectivity index (χ0) is 12.1. The van der Waals surface area contributed by atoms with E-state index in [9.17, 15) is 9.90 Å². The van der Waals surface area contributed by atoms with Gasteiger partial charge in [0.05, 0.1) is 6.10 Å². The van der Waals surface area contributed by atoms with E-state index in [0.29, 0.717) is 6.42 Å². The highest BCUT2D eigenvalue weighted by Crippen LogP contribution is 2.09. The number of nitrogens with zero attached hydrogens (tertiary/aromatic N) is 1. The molecule has 1 N–H and O–H groups in total. The number of likely N-dealkylation sites (N-methyl/N-ethyl adjacent to an activating group) is 1. The largest absolute Gasteiger partial charge is 0.444 e. The van der Waals surface area contributed by atoms with Gasteiger partial charge in [-0.05, 0) is 27.2 Å². The van der Waals surface area contributed by atoms with Gasteiger partial charge >= 0.3 is 6.09 Å². The molecular weight excluding hydrogens is 194 g/mol. The molecule has 0 heterocycles. The molecule has 0 bridgehead atoms. The molecule has 0 aliphatic rings. The second-order valence-corrected chi connectivity index (χ2v) is 4.54. The fraction of sp³-hybridized carbons (Fsp3) is 0.727. The third kappa shape index (κ3) is 6.96. The summed E-state index contributed by atoms with van der Waals surface area (Å²) in [6.45, 7) is 9.18. The van der Waals surface area contributed by atoms with Gasteiger partial charge in [0, 0.05) is 13.6 Å². The van der Waals surface area contributed by atoms with Gasteiger partial charge < -0.3 is 14.7 Å². The van der Waals surface area contributed by atoms with Crippen LogP contribution in [0.15, 0.2) is 12.7 Å². The highest BCUT2D eigenvalue weighted by atomic mass is 16.6. The monoisotopic (exact) mass is 215 g/mol. The molecule has 1 unspecified atom stereocenters. The Hall–Kier alpha value is -1.03. The van der Waals surface area contributed by atoms with Crippen LogP contribution in [0, 0.1) is 0 Å². The summed E-state index contributed by atoms with van der Waals surface area (Å²) in [5.41, 5.74) is -0.505. The molecule has 0 aliphatic carbocycles. The van der Waals surface area contributed by atoms with E-state index in [4.69, 9.17) is 4.74 Å². The number of amides is 1. The van der Waals surface area contributed by atoms with Crippen molar-refractivity contribution in [2.24, 2.45) is 0 Å². The minimum absolute atomic E-state index is 0.251. The van der Waals surface area contributed by atoms with Crippen molar-refractivity contribution in [1.82, 2.24) is 4.90 Å². The maximum absolute atomic E-state index is 11.5. The zero-order valence-corrected chi connectivity index (χ0v) is 9.99. The molecule has 0 radical (unpaired) electrons. The summed E-state index contributed by atoms with van der Waals surface area (Å²) in [5.74, 6) is 0. The summed E-state index contributed by atoms with van der Waals surface area (Å²) in [6.07, 6.45) is 1.08. The van der Waals surface area contributed by atoms with Crippen molar-refractivity contribution in [1.29, 1.82) is 0 Å². The first-order valence-corrected chi connectivity index (χ1v) is 4.99. The zero-order valence-electron chi connectivity index (χ0n) is 9.99. The van der Waals surface area contributed by atoms with Crippen molar-refractivity contribution < 1.29 is 14.6 Å². The van der Waals surface area contributed by atoms with Crippen molar-refractivity contribution in [2.75, 3.05) is 13.6 Å². The second kappa shape index (κ2) is 5.75. The Kier molecular flexibility index (Phi) is 5.36. The molecule has 0 aromatic rings. The third-order valence-electron chi connectivity index (χ3n) is 1.63. The van der Waals surface area contributed by atoms with E-state index >= 15 is 0 Å². The number of aliphatic hydroxyl groups is 1. The van der Waals surface area contributed by atoms with Gasteiger partial charge in [-0.1, -0.05) is 6.08 Å². The fourth-order valence-electron chi connectivity index (χ4n) is 0.997. The van der Waals surface area contributed by atoms with Crippen molar-refractivity contribution in [3.8, 4) is 0 Å². The standard InChI is InChI=1S/C11H21NO3/c1-6-7-9(13)8-12(5)10(14)15-11(2,3)4/h6,9,13H,1,7-8H2,2-5H3. The van der Waals surface area contributed by atoms with Crippen LogP contribution in [-0.2, 0) is 4.74 Å². The Morgan fingerprint density at radius 1 is 1.60 bits per heavy atom. The van der Waals surface area contributed by atoms with Gasteiger partial charge in [-0.3, -0.25) is 0 Å². The van der Waals surface area contributed by atoms with Gasteiger partial charge in [0.2, 0.25) is 0 Å². The highest BCUT2D eigenvalue weighted by Gasteiger charge is 2.20. The molecule has 15 heavy (non-hydrogen) atoms. The van der Waals surface area contributed by atoms with E-state index in [2.05, 4.69) is 6.58 Å². The lowest BCUT2D eigenvalue weighted by molar-refractivity contribution is 0.0209. The number of carbonyl (C=O) groups is 1. The van der Waals surface area contributed by atoms with Gasteiger partial charge in [0.25, 0.3) is 0 Å². The van der Waals surface area contributed by atoms with Crippen LogP contribution < -0.4 is 0 Å². The molecule has 0 spiro atoms. The molecule has 0 saturated carbocycles. The molecule has 1 atom stereocenters. The predicted molar refractivity (Wildman–Crippen MR) is 59.7 cm³/mol. The average molecular weight is 215 g/mol. The molecule has 0 aromatic heterocycles. The third-order valence-corrected chi connectivity index (χ3v) is 1.63. The molecule has 88 valence electrons. The minimum atomic E-state index is -0.583. The van der Waals surface area contributed by atoms with Gasteiger partial charge in [-0.25, -0.2) is 4.79 Å². The summed E-state index contributed by atoms with van der Waals surface area (Å²) in [7, 11) is 1.60. The Balaban J connectivity index is 4.04. The second-order valence-electron chi connectivity index (χ2n) is 4.54. The molecule has 0 fully saturated rings. The van der Waals surface area contributed by atoms with Crippen LogP contribution in [0.25, 0.3) is 0 Å². The lowest BCUT2D eigenvalue weighted by Gasteiger charge is -2.25. The Morgan fingerprint density at radius 2 is 2.13 bits per heavy atom. The van der Waals surface area contributed by atoms with Crippen LogP contribution in [-0.4, -0.2) is 41.4 Å². The maximum atomic E-state index is 11.5. The van der Waals surface area contributed by atoms with Gasteiger partial charge in [-0.15, -0.1) is 6.58 Å². The number of hydrogen-bond acceptors (Lipinski definition) is 3. The Morgan fingerprint density at radius 3 is 2.53 bits per heavy atom. The normalized spacial score (nSPS) is 13.1. The van der Waals surface area contributed by atoms with Gasteiger partial charge in [0.1, 0.15) is 5.60 Å². The first-order chi connectivity index (χ1) is 6.76. The SMILES string of the molecule is C=CCC(O)CN(C)C(=O)OC(C)(C)C. The first kappa shape index (κ1) is 14.0. The number of aliphatic hydroxyl groups excluding tert-OH is 1. The van der Waals surface area contributed by atoms with Crippen LogP contribution in [0.2, 0.25) is 0 Å². The van der Waals surface area contributed by atoms with Crippen LogP contribution in [0.4, 0.5) is 4.79 Å². The summed E-state index contributed by atoms with van der Waals surface area (Å²) < 4.78 is 5.13. The van der Waals surface area contributed by atoms with Gasteiger partial charge in [0.15, 0.2) is 0 Å². The molecule has 0 aliphatic heterocycles. The van der Waals surface area contributed by atoms with E-state index in [1.165, 1.54) is 4.90 Å². The Labute approximate surface area is 91.5 Å². The van der Waals surface area contributed by atoms with Crippen molar-refractivity contribution in [3.63, 3.8) is 0 Å². The van der Waals surface area contributed by atoms with E-state index in [1.54, 1.807) is 33.9 Å². The van der Waals surface area contributed by atoms with Crippen molar-refractivity contribution in [2.45, 2.75) is 38.9 Å². The summed E-state index contributed by atoms with van der Waals surface area (Å²) in [5, 5.41) is 9.45.